The van der Waals surface area contributed by atoms with Gasteiger partial charge in [0.05, 0.1) is 34.1 Å². The summed E-state index contributed by atoms with van der Waals surface area (Å²) in [4.78, 5) is 12.9. The number of hydrogen-bond donors (Lipinski definition) is 2. The third-order valence-corrected chi connectivity index (χ3v) is 5.57. The van der Waals surface area contributed by atoms with Crippen molar-refractivity contribution >= 4 is 23.0 Å². The Morgan fingerprint density at radius 2 is 1.44 bits per heavy atom. The summed E-state index contributed by atoms with van der Waals surface area (Å²) in [6, 6.07) is 22.2. The van der Waals surface area contributed by atoms with E-state index in [4.69, 9.17) is 23.4 Å². The van der Waals surface area contributed by atoms with Gasteiger partial charge in [0, 0.05) is 41.6 Å². The van der Waals surface area contributed by atoms with Gasteiger partial charge in [-0.3, -0.25) is 4.79 Å². The lowest BCUT2D eigenvalue weighted by atomic mass is 10.1. The molecular weight excluding hydrogens is 460 g/mol. The number of para-hydroxylation sites is 1. The normalized spacial score (nSPS) is 10.4. The van der Waals surface area contributed by atoms with Gasteiger partial charge >= 0.3 is 0 Å². The number of carbonyl (C=O) groups is 1. The number of furan rings is 1. The molecule has 0 atom stereocenters. The minimum Gasteiger partial charge on any atom is -0.496 e. The zero-order valence-electron chi connectivity index (χ0n) is 20.6. The van der Waals surface area contributed by atoms with Crippen molar-refractivity contribution in [3.8, 4) is 23.0 Å². The van der Waals surface area contributed by atoms with E-state index in [-0.39, 0.29) is 5.76 Å². The number of carbonyl (C=O) groups excluding carboxylic acids is 1. The molecule has 0 aliphatic heterocycles. The van der Waals surface area contributed by atoms with Crippen LogP contribution in [0.3, 0.4) is 0 Å². The Morgan fingerprint density at radius 3 is 2.08 bits per heavy atom. The van der Waals surface area contributed by atoms with Crippen LogP contribution in [0.1, 0.15) is 21.9 Å². The molecule has 8 nitrogen and oxygen atoms in total. The molecule has 36 heavy (non-hydrogen) atoms. The van der Waals surface area contributed by atoms with Crippen molar-refractivity contribution in [3.05, 3.63) is 89.9 Å². The van der Waals surface area contributed by atoms with E-state index in [2.05, 4.69) is 10.6 Å². The Morgan fingerprint density at radius 1 is 0.750 bits per heavy atom. The van der Waals surface area contributed by atoms with Crippen LogP contribution in [-0.2, 0) is 6.42 Å². The van der Waals surface area contributed by atoms with Gasteiger partial charge in [0.1, 0.15) is 28.8 Å². The van der Waals surface area contributed by atoms with Crippen molar-refractivity contribution in [3.63, 3.8) is 0 Å². The van der Waals surface area contributed by atoms with Crippen molar-refractivity contribution in [2.75, 3.05) is 39.1 Å². The van der Waals surface area contributed by atoms with E-state index in [1.807, 2.05) is 42.5 Å². The van der Waals surface area contributed by atoms with E-state index >= 15 is 0 Å². The average molecular weight is 489 g/mol. The van der Waals surface area contributed by atoms with Crippen LogP contribution in [0.15, 0.2) is 77.2 Å². The molecule has 1 heterocycles. The Kier molecular flexibility index (Phi) is 7.65. The van der Waals surface area contributed by atoms with E-state index in [0.717, 1.165) is 16.9 Å². The smallest absolute Gasteiger partial charge is 0.291 e. The van der Waals surface area contributed by atoms with Crippen molar-refractivity contribution in [1.29, 1.82) is 0 Å². The summed E-state index contributed by atoms with van der Waals surface area (Å²) in [5.41, 5.74) is 3.09. The molecule has 0 unspecified atom stereocenters. The molecule has 0 aliphatic carbocycles. The number of anilines is 3. The molecule has 186 valence electrons. The summed E-state index contributed by atoms with van der Waals surface area (Å²) >= 11 is 0. The number of benzene rings is 3. The largest absolute Gasteiger partial charge is 0.496 e. The summed E-state index contributed by atoms with van der Waals surface area (Å²) in [5, 5.41) is 6.16. The molecule has 8 heteroatoms. The number of nitrogens with one attached hydrogen (secondary N) is 2. The third-order valence-electron chi connectivity index (χ3n) is 5.57. The lowest BCUT2D eigenvalue weighted by Gasteiger charge is -2.14. The van der Waals surface area contributed by atoms with Crippen molar-refractivity contribution in [1.82, 2.24) is 0 Å². The summed E-state index contributed by atoms with van der Waals surface area (Å²) in [6.45, 7) is 0. The molecule has 3 aromatic carbocycles. The van der Waals surface area contributed by atoms with Crippen LogP contribution in [0.5, 0.6) is 23.0 Å². The van der Waals surface area contributed by atoms with Gasteiger partial charge in [-0.2, -0.15) is 0 Å². The molecule has 0 bridgehead atoms. The molecule has 0 spiro atoms. The highest BCUT2D eigenvalue weighted by Gasteiger charge is 2.18. The predicted octanol–water partition coefficient (Wildman–Crippen LogP) is 5.90. The van der Waals surface area contributed by atoms with Crippen LogP contribution in [0.25, 0.3) is 0 Å². The van der Waals surface area contributed by atoms with Gasteiger partial charge in [-0.15, -0.1) is 0 Å². The summed E-state index contributed by atoms with van der Waals surface area (Å²) in [6.07, 6.45) is 0.368. The fraction of sp³-hybridized carbons (Fsp3) is 0.179. The second kappa shape index (κ2) is 11.2. The molecule has 2 N–H and O–H groups in total. The zero-order valence-corrected chi connectivity index (χ0v) is 20.6. The van der Waals surface area contributed by atoms with Gasteiger partial charge in [-0.25, -0.2) is 0 Å². The lowest BCUT2D eigenvalue weighted by molar-refractivity contribution is 0.0994. The quantitative estimate of drug-likeness (QED) is 0.287. The van der Waals surface area contributed by atoms with Gasteiger partial charge in [0.2, 0.25) is 0 Å². The maximum Gasteiger partial charge on any atom is 0.291 e. The zero-order chi connectivity index (χ0) is 25.5. The third kappa shape index (κ3) is 5.55. The Hall–Kier alpha value is -4.59. The van der Waals surface area contributed by atoms with Gasteiger partial charge in [0.15, 0.2) is 5.76 Å². The Labute approximate surface area is 209 Å². The van der Waals surface area contributed by atoms with Crippen LogP contribution in [-0.4, -0.2) is 34.3 Å². The number of methoxy groups -OCH3 is 4. The summed E-state index contributed by atoms with van der Waals surface area (Å²) in [7, 11) is 6.28. The molecule has 4 aromatic rings. The maximum atomic E-state index is 12.9. The predicted molar refractivity (Wildman–Crippen MR) is 138 cm³/mol. The van der Waals surface area contributed by atoms with Crippen LogP contribution in [0.2, 0.25) is 0 Å². The van der Waals surface area contributed by atoms with Gasteiger partial charge in [0.25, 0.3) is 5.91 Å². The molecule has 0 saturated carbocycles. The summed E-state index contributed by atoms with van der Waals surface area (Å²) < 4.78 is 27.7. The van der Waals surface area contributed by atoms with Crippen LogP contribution >= 0.6 is 0 Å². The van der Waals surface area contributed by atoms with Gasteiger partial charge in [-0.05, 0) is 36.4 Å². The highest BCUT2D eigenvalue weighted by atomic mass is 16.5. The monoisotopic (exact) mass is 488 g/mol. The Balaban J connectivity index is 1.49. The van der Waals surface area contributed by atoms with E-state index < -0.39 is 5.91 Å². The minimum atomic E-state index is -0.392. The second-order valence-electron chi connectivity index (χ2n) is 7.81. The van der Waals surface area contributed by atoms with Crippen molar-refractivity contribution in [2.45, 2.75) is 6.42 Å². The van der Waals surface area contributed by atoms with Crippen LogP contribution in [0.4, 0.5) is 17.1 Å². The first-order valence-electron chi connectivity index (χ1n) is 11.2. The number of ether oxygens (including phenoxy) is 4. The molecular formula is C28H28N2O6. The average Bonchev–Trinajstić information content (AvgIpc) is 3.39. The van der Waals surface area contributed by atoms with E-state index in [1.54, 1.807) is 58.8 Å². The SMILES string of the molecule is COc1cc(OC)c(Cc2ccc(C(=O)Nc3ccc(Nc4ccccc4)cc3OC)o2)c(OC)c1. The minimum absolute atomic E-state index is 0.171. The van der Waals surface area contributed by atoms with Gasteiger partial charge in [-0.1, -0.05) is 18.2 Å². The fourth-order valence-electron chi connectivity index (χ4n) is 3.77. The first kappa shape index (κ1) is 24.5. The second-order valence-corrected chi connectivity index (χ2v) is 7.81. The number of amides is 1. The molecule has 0 saturated heterocycles. The van der Waals surface area contributed by atoms with Crippen LogP contribution in [0, 0.1) is 0 Å². The van der Waals surface area contributed by atoms with Crippen LogP contribution < -0.4 is 29.6 Å². The molecule has 0 fully saturated rings. The number of hydrogen-bond acceptors (Lipinski definition) is 7. The molecule has 0 aliphatic rings. The molecule has 1 aromatic heterocycles. The highest BCUT2D eigenvalue weighted by molar-refractivity contribution is 6.03. The van der Waals surface area contributed by atoms with Gasteiger partial charge < -0.3 is 34.0 Å². The van der Waals surface area contributed by atoms with E-state index in [0.29, 0.717) is 40.9 Å². The standard InChI is InChI=1S/C28H28N2O6/c1-32-21-16-25(33-2)22(26(17-21)34-3)15-20-11-13-24(36-20)28(31)30-23-12-10-19(14-27(23)35-4)29-18-8-6-5-7-9-18/h5-14,16-17,29H,15H2,1-4H3,(H,30,31). The Bertz CT molecular complexity index is 1310. The summed E-state index contributed by atoms with van der Waals surface area (Å²) in [5.74, 6) is 2.69. The molecule has 4 rings (SSSR count). The molecule has 0 radical (unpaired) electrons. The highest BCUT2D eigenvalue weighted by Crippen LogP contribution is 2.36. The van der Waals surface area contributed by atoms with Crippen molar-refractivity contribution < 1.29 is 28.2 Å². The molecule has 1 amide bonds. The number of rotatable bonds is 10. The topological polar surface area (TPSA) is 91.2 Å². The van der Waals surface area contributed by atoms with E-state index in [9.17, 15) is 4.79 Å². The lowest BCUT2D eigenvalue weighted by Crippen LogP contribution is -2.12. The van der Waals surface area contributed by atoms with E-state index in [1.165, 1.54) is 0 Å². The van der Waals surface area contributed by atoms with Crippen molar-refractivity contribution in [2.24, 2.45) is 0 Å². The first-order chi connectivity index (χ1) is 17.5. The maximum absolute atomic E-state index is 12.9. The first-order valence-corrected chi connectivity index (χ1v) is 11.2. The fourth-order valence-corrected chi connectivity index (χ4v) is 3.77.